The minimum absolute atomic E-state index is 0.411. The summed E-state index contributed by atoms with van der Waals surface area (Å²) >= 11 is 0. The number of carbonyl (C=O) groups excluding carboxylic acids is 1. The molecule has 1 heteroatoms. The molecule has 1 rings (SSSR count). The van der Waals surface area contributed by atoms with E-state index in [0.717, 1.165) is 31.6 Å². The van der Waals surface area contributed by atoms with E-state index in [9.17, 15) is 4.79 Å². The van der Waals surface area contributed by atoms with E-state index in [4.69, 9.17) is 0 Å². The van der Waals surface area contributed by atoms with Crippen molar-refractivity contribution in [3.63, 3.8) is 0 Å². The van der Waals surface area contributed by atoms with Crippen LogP contribution in [0.2, 0.25) is 0 Å². The highest BCUT2D eigenvalue weighted by molar-refractivity contribution is 5.79. The van der Waals surface area contributed by atoms with E-state index in [2.05, 4.69) is 34.6 Å². The van der Waals surface area contributed by atoms with Crippen molar-refractivity contribution in [2.75, 3.05) is 0 Å². The van der Waals surface area contributed by atoms with Gasteiger partial charge in [0.15, 0.2) is 0 Å². The molecule has 0 heterocycles. The molecular weight excluding hydrogens is 196 g/mol. The van der Waals surface area contributed by atoms with E-state index in [1.807, 2.05) is 0 Å². The van der Waals surface area contributed by atoms with Crippen LogP contribution in [0.5, 0.6) is 0 Å². The average Bonchev–Trinajstić information content (AvgIpc) is 2.15. The van der Waals surface area contributed by atoms with Crippen LogP contribution in [0.15, 0.2) is 0 Å². The summed E-state index contributed by atoms with van der Waals surface area (Å²) in [4.78, 5) is 11.3. The van der Waals surface area contributed by atoms with Crippen LogP contribution < -0.4 is 0 Å². The minimum Gasteiger partial charge on any atom is -0.300 e. The largest absolute Gasteiger partial charge is 0.300 e. The van der Waals surface area contributed by atoms with Crippen molar-refractivity contribution in [1.82, 2.24) is 0 Å². The Hall–Kier alpha value is -0.330. The molecule has 1 saturated carbocycles. The van der Waals surface area contributed by atoms with Crippen LogP contribution in [0.1, 0.15) is 73.1 Å². The number of carbonyl (C=O) groups is 1. The van der Waals surface area contributed by atoms with Gasteiger partial charge >= 0.3 is 0 Å². The van der Waals surface area contributed by atoms with Gasteiger partial charge in [-0.15, -0.1) is 0 Å². The molecule has 0 N–H and O–H groups in total. The number of hydrogen-bond donors (Lipinski definition) is 0. The molecule has 0 aromatic rings. The predicted octanol–water partition coefficient (Wildman–Crippen LogP) is 4.60. The van der Waals surface area contributed by atoms with Crippen molar-refractivity contribution in [1.29, 1.82) is 0 Å². The Bertz CT molecular complexity index is 235. The lowest BCUT2D eigenvalue weighted by Gasteiger charge is -2.38. The molecule has 1 aliphatic rings. The SMILES string of the molecule is CC(C)(C)CCC(C)(C)C1CCC(=O)CC1. The molecule has 1 aliphatic carbocycles. The molecule has 0 unspecified atom stereocenters. The smallest absolute Gasteiger partial charge is 0.132 e. The van der Waals surface area contributed by atoms with Gasteiger partial charge in [0, 0.05) is 12.8 Å². The maximum atomic E-state index is 11.3. The van der Waals surface area contributed by atoms with Crippen LogP contribution >= 0.6 is 0 Å². The summed E-state index contributed by atoms with van der Waals surface area (Å²) in [6.45, 7) is 11.7. The summed E-state index contributed by atoms with van der Waals surface area (Å²) in [5.41, 5.74) is 0.843. The maximum absolute atomic E-state index is 11.3. The Morgan fingerprint density at radius 2 is 1.50 bits per heavy atom. The second-order valence-electron chi connectivity index (χ2n) is 7.36. The van der Waals surface area contributed by atoms with Gasteiger partial charge in [-0.3, -0.25) is 4.79 Å². The van der Waals surface area contributed by atoms with E-state index in [1.54, 1.807) is 0 Å². The highest BCUT2D eigenvalue weighted by Crippen LogP contribution is 2.42. The molecule has 16 heavy (non-hydrogen) atoms. The fourth-order valence-corrected chi connectivity index (χ4v) is 2.62. The lowest BCUT2D eigenvalue weighted by atomic mass is 9.67. The summed E-state index contributed by atoms with van der Waals surface area (Å²) in [6, 6.07) is 0. The lowest BCUT2D eigenvalue weighted by Crippen LogP contribution is -2.29. The topological polar surface area (TPSA) is 17.1 Å². The van der Waals surface area contributed by atoms with E-state index in [-0.39, 0.29) is 0 Å². The molecule has 0 aromatic heterocycles. The zero-order valence-electron chi connectivity index (χ0n) is 11.7. The van der Waals surface area contributed by atoms with Gasteiger partial charge in [-0.1, -0.05) is 34.6 Å². The zero-order chi connectivity index (χ0) is 12.4. The zero-order valence-corrected chi connectivity index (χ0v) is 11.7. The van der Waals surface area contributed by atoms with Crippen molar-refractivity contribution in [3.05, 3.63) is 0 Å². The maximum Gasteiger partial charge on any atom is 0.132 e. The third-order valence-electron chi connectivity index (χ3n) is 4.17. The molecule has 0 radical (unpaired) electrons. The Morgan fingerprint density at radius 1 is 1.00 bits per heavy atom. The van der Waals surface area contributed by atoms with Gasteiger partial charge in [0.1, 0.15) is 5.78 Å². The number of hydrogen-bond acceptors (Lipinski definition) is 1. The number of Topliss-reactive ketones (excluding diaryl/α,β-unsaturated/α-hetero) is 1. The quantitative estimate of drug-likeness (QED) is 0.685. The number of rotatable bonds is 3. The van der Waals surface area contributed by atoms with Crippen molar-refractivity contribution in [2.24, 2.45) is 16.7 Å². The van der Waals surface area contributed by atoms with Crippen LogP contribution in [0, 0.1) is 16.7 Å². The predicted molar refractivity (Wildman–Crippen MR) is 69.4 cm³/mol. The van der Waals surface area contributed by atoms with Gasteiger partial charge in [0.25, 0.3) is 0 Å². The van der Waals surface area contributed by atoms with Crippen LogP contribution in [0.3, 0.4) is 0 Å². The Kier molecular flexibility index (Phi) is 4.20. The summed E-state index contributed by atoms with van der Waals surface area (Å²) < 4.78 is 0. The van der Waals surface area contributed by atoms with Gasteiger partial charge in [-0.25, -0.2) is 0 Å². The Balaban J connectivity index is 2.47. The molecule has 1 nitrogen and oxygen atoms in total. The van der Waals surface area contributed by atoms with Crippen LogP contribution in [0.25, 0.3) is 0 Å². The first-order valence-corrected chi connectivity index (χ1v) is 6.72. The van der Waals surface area contributed by atoms with E-state index >= 15 is 0 Å². The first kappa shape index (κ1) is 13.7. The first-order chi connectivity index (χ1) is 7.21. The second-order valence-corrected chi connectivity index (χ2v) is 7.36. The van der Waals surface area contributed by atoms with Gasteiger partial charge in [-0.05, 0) is 42.4 Å². The molecule has 94 valence electrons. The molecule has 0 bridgehead atoms. The molecule has 0 aliphatic heterocycles. The van der Waals surface area contributed by atoms with Crippen molar-refractivity contribution in [2.45, 2.75) is 73.1 Å². The Labute approximate surface area is 101 Å². The normalized spacial score (nSPS) is 20.2. The van der Waals surface area contributed by atoms with E-state index < -0.39 is 0 Å². The molecule has 0 aromatic carbocycles. The fourth-order valence-electron chi connectivity index (χ4n) is 2.62. The van der Waals surface area contributed by atoms with Gasteiger partial charge < -0.3 is 0 Å². The fraction of sp³-hybridized carbons (Fsp3) is 0.933. The monoisotopic (exact) mass is 224 g/mol. The second kappa shape index (κ2) is 4.89. The number of ketones is 1. The van der Waals surface area contributed by atoms with Crippen molar-refractivity contribution in [3.8, 4) is 0 Å². The highest BCUT2D eigenvalue weighted by atomic mass is 16.1. The van der Waals surface area contributed by atoms with Gasteiger partial charge in [0.2, 0.25) is 0 Å². The average molecular weight is 224 g/mol. The minimum atomic E-state index is 0.411. The highest BCUT2D eigenvalue weighted by Gasteiger charge is 2.33. The molecule has 0 saturated heterocycles. The molecule has 0 spiro atoms. The standard InChI is InChI=1S/C15H28O/c1-14(2,3)10-11-15(4,5)12-6-8-13(16)9-7-12/h12H,6-11H2,1-5H3. The Morgan fingerprint density at radius 3 is 1.94 bits per heavy atom. The summed E-state index contributed by atoms with van der Waals surface area (Å²) in [7, 11) is 0. The molecule has 0 atom stereocenters. The summed E-state index contributed by atoms with van der Waals surface area (Å²) in [6.07, 6.45) is 6.46. The van der Waals surface area contributed by atoms with Gasteiger partial charge in [0.05, 0.1) is 0 Å². The summed E-state index contributed by atoms with van der Waals surface area (Å²) in [5.74, 6) is 1.23. The molecular formula is C15H28O. The lowest BCUT2D eigenvalue weighted by molar-refractivity contribution is -0.121. The van der Waals surface area contributed by atoms with Crippen molar-refractivity contribution >= 4 is 5.78 Å². The van der Waals surface area contributed by atoms with Crippen LogP contribution in [0.4, 0.5) is 0 Å². The van der Waals surface area contributed by atoms with Crippen molar-refractivity contribution < 1.29 is 4.79 Å². The van der Waals surface area contributed by atoms with Crippen LogP contribution in [-0.2, 0) is 4.79 Å². The van der Waals surface area contributed by atoms with E-state index in [0.29, 0.717) is 16.6 Å². The third-order valence-corrected chi connectivity index (χ3v) is 4.17. The van der Waals surface area contributed by atoms with Gasteiger partial charge in [-0.2, -0.15) is 0 Å². The third kappa shape index (κ3) is 4.27. The first-order valence-electron chi connectivity index (χ1n) is 6.72. The van der Waals surface area contributed by atoms with Crippen LogP contribution in [-0.4, -0.2) is 5.78 Å². The molecule has 0 amide bonds. The van der Waals surface area contributed by atoms with E-state index in [1.165, 1.54) is 12.8 Å². The molecule has 1 fully saturated rings. The summed E-state index contributed by atoms with van der Waals surface area (Å²) in [5, 5.41) is 0.